The normalized spacial score (nSPS) is 15.1. The van der Waals surface area contributed by atoms with Crippen molar-refractivity contribution in [1.82, 2.24) is 9.97 Å². The molecule has 6 nitrogen and oxygen atoms in total. The summed E-state index contributed by atoms with van der Waals surface area (Å²) in [6.45, 7) is 11.0. The van der Waals surface area contributed by atoms with Gasteiger partial charge < -0.3 is 14.7 Å². The first kappa shape index (κ1) is 25.7. The number of piperidine rings is 1. The average molecular weight is 488 g/mol. The summed E-state index contributed by atoms with van der Waals surface area (Å²) in [7, 11) is 0. The summed E-state index contributed by atoms with van der Waals surface area (Å²) in [5.41, 5.74) is 7.02. The van der Waals surface area contributed by atoms with Crippen LogP contribution in [0, 0.1) is 12.3 Å². The molecule has 1 N–H and O–H groups in total. The molecule has 1 saturated heterocycles. The zero-order valence-corrected chi connectivity index (χ0v) is 21.9. The number of anilines is 1. The van der Waals surface area contributed by atoms with E-state index in [1.807, 2.05) is 25.3 Å². The summed E-state index contributed by atoms with van der Waals surface area (Å²) in [5, 5.41) is 9.61. The van der Waals surface area contributed by atoms with Gasteiger partial charge >= 0.3 is 5.97 Å². The summed E-state index contributed by atoms with van der Waals surface area (Å²) < 4.78 is 5.96. The molecule has 0 atom stereocenters. The molecule has 3 heterocycles. The molecule has 0 amide bonds. The van der Waals surface area contributed by atoms with Crippen molar-refractivity contribution in [3.8, 4) is 17.0 Å². The Morgan fingerprint density at radius 1 is 1.03 bits per heavy atom. The molecule has 1 fully saturated rings. The minimum absolute atomic E-state index is 0.0532. The molecule has 2 aromatic heterocycles. The Morgan fingerprint density at radius 2 is 1.72 bits per heavy atom. The van der Waals surface area contributed by atoms with E-state index in [0.717, 1.165) is 72.7 Å². The Bertz CT molecular complexity index is 1180. The number of carboxylic acids is 1. The first-order chi connectivity index (χ1) is 17.3. The lowest BCUT2D eigenvalue weighted by Crippen LogP contribution is -2.38. The van der Waals surface area contributed by atoms with E-state index in [0.29, 0.717) is 12.0 Å². The molecule has 1 aliphatic rings. The Balaban J connectivity index is 1.53. The average Bonchev–Trinajstić information content (AvgIpc) is 2.86. The summed E-state index contributed by atoms with van der Waals surface area (Å²) in [6.07, 6.45) is 7.52. The van der Waals surface area contributed by atoms with Crippen LogP contribution in [0.2, 0.25) is 0 Å². The quantitative estimate of drug-likeness (QED) is 0.406. The van der Waals surface area contributed by atoms with Gasteiger partial charge in [0.2, 0.25) is 0 Å². The number of hydrogen-bond donors (Lipinski definition) is 1. The molecule has 6 heteroatoms. The number of ether oxygens (including phenoxy) is 1. The third-order valence-corrected chi connectivity index (χ3v) is 7.23. The lowest BCUT2D eigenvalue weighted by atomic mass is 9.82. The number of benzene rings is 1. The van der Waals surface area contributed by atoms with Crippen LogP contribution >= 0.6 is 0 Å². The van der Waals surface area contributed by atoms with Crippen molar-refractivity contribution in [2.75, 3.05) is 24.6 Å². The maximum Gasteiger partial charge on any atom is 0.307 e. The van der Waals surface area contributed by atoms with E-state index in [1.54, 1.807) is 6.20 Å². The predicted octanol–water partition coefficient (Wildman–Crippen LogP) is 5.89. The Labute approximate surface area is 214 Å². The van der Waals surface area contributed by atoms with Crippen molar-refractivity contribution in [2.45, 2.75) is 59.8 Å². The van der Waals surface area contributed by atoms with Crippen molar-refractivity contribution >= 4 is 11.7 Å². The lowest BCUT2D eigenvalue weighted by molar-refractivity contribution is -0.136. The zero-order valence-electron chi connectivity index (χ0n) is 21.9. The number of pyridine rings is 2. The molecular weight excluding hydrogens is 450 g/mol. The fourth-order valence-corrected chi connectivity index (χ4v) is 4.73. The van der Waals surface area contributed by atoms with Crippen LogP contribution in [0.3, 0.4) is 0 Å². The zero-order chi connectivity index (χ0) is 25.7. The number of aliphatic carboxylic acids is 1. The van der Waals surface area contributed by atoms with Gasteiger partial charge in [-0.3, -0.25) is 14.8 Å². The van der Waals surface area contributed by atoms with E-state index < -0.39 is 5.97 Å². The first-order valence-electron chi connectivity index (χ1n) is 12.9. The van der Waals surface area contributed by atoms with Crippen LogP contribution in [0.25, 0.3) is 11.3 Å². The maximum absolute atomic E-state index is 11.7. The lowest BCUT2D eigenvalue weighted by Gasteiger charge is -2.40. The van der Waals surface area contributed by atoms with Gasteiger partial charge in [0.1, 0.15) is 5.75 Å². The van der Waals surface area contributed by atoms with Crippen LogP contribution < -0.4 is 9.64 Å². The number of aryl methyl sites for hydroxylation is 2. The molecule has 3 aromatic rings. The molecule has 4 rings (SSSR count). The third kappa shape index (κ3) is 6.23. The van der Waals surface area contributed by atoms with Crippen LogP contribution in [0.4, 0.5) is 5.69 Å². The summed E-state index contributed by atoms with van der Waals surface area (Å²) in [6, 6.07) is 12.5. The van der Waals surface area contributed by atoms with Crippen LogP contribution in [0.5, 0.6) is 5.75 Å². The van der Waals surface area contributed by atoms with Crippen LogP contribution in [-0.2, 0) is 24.1 Å². The van der Waals surface area contributed by atoms with Gasteiger partial charge in [-0.1, -0.05) is 45.0 Å². The number of nitrogens with zero attached hydrogens (tertiary/aromatic N) is 3. The van der Waals surface area contributed by atoms with Gasteiger partial charge in [-0.15, -0.1) is 0 Å². The number of carbonyl (C=O) groups is 1. The molecule has 0 spiro atoms. The van der Waals surface area contributed by atoms with Gasteiger partial charge in [0.25, 0.3) is 0 Å². The van der Waals surface area contributed by atoms with Gasteiger partial charge in [0.15, 0.2) is 0 Å². The molecule has 1 aromatic carbocycles. The van der Waals surface area contributed by atoms with E-state index in [9.17, 15) is 9.90 Å². The van der Waals surface area contributed by atoms with Crippen LogP contribution in [-0.4, -0.2) is 40.7 Å². The number of hydrogen-bond acceptors (Lipinski definition) is 5. The monoisotopic (exact) mass is 487 g/mol. The summed E-state index contributed by atoms with van der Waals surface area (Å²) >= 11 is 0. The summed E-state index contributed by atoms with van der Waals surface area (Å²) in [5.74, 6) is -0.132. The highest BCUT2D eigenvalue weighted by Gasteiger charge is 2.29. The topological polar surface area (TPSA) is 75.6 Å². The van der Waals surface area contributed by atoms with Crippen molar-refractivity contribution in [1.29, 1.82) is 0 Å². The number of rotatable bonds is 9. The van der Waals surface area contributed by atoms with Crippen molar-refractivity contribution in [3.63, 3.8) is 0 Å². The highest BCUT2D eigenvalue weighted by Crippen LogP contribution is 2.39. The van der Waals surface area contributed by atoms with Gasteiger partial charge in [-0.05, 0) is 54.9 Å². The molecule has 1 aliphatic heterocycles. The van der Waals surface area contributed by atoms with Gasteiger partial charge in [0, 0.05) is 42.5 Å². The molecule has 0 unspecified atom stereocenters. The van der Waals surface area contributed by atoms with E-state index in [-0.39, 0.29) is 6.42 Å². The Kier molecular flexibility index (Phi) is 7.92. The second-order valence-electron chi connectivity index (χ2n) is 10.5. The molecule has 0 radical (unpaired) electrons. The highest BCUT2D eigenvalue weighted by molar-refractivity contribution is 5.83. The number of aromatic nitrogens is 2. The second-order valence-corrected chi connectivity index (χ2v) is 10.5. The van der Waals surface area contributed by atoms with E-state index in [4.69, 9.17) is 9.72 Å². The van der Waals surface area contributed by atoms with E-state index in [1.165, 1.54) is 11.1 Å². The van der Waals surface area contributed by atoms with Crippen LogP contribution in [0.1, 0.15) is 56.0 Å². The SMILES string of the molecule is CCc1ccc(CCOc2ccc(-c3cnc(C)c(CC(=O)O)c3N3CCC(C)(C)CC3)nc2)cc1. The van der Waals surface area contributed by atoms with Gasteiger partial charge in [0.05, 0.1) is 30.6 Å². The van der Waals surface area contributed by atoms with Gasteiger partial charge in [-0.25, -0.2) is 0 Å². The fraction of sp³-hybridized carbons (Fsp3) is 0.433. The third-order valence-electron chi connectivity index (χ3n) is 7.23. The highest BCUT2D eigenvalue weighted by atomic mass is 16.5. The minimum atomic E-state index is -0.850. The Hall–Kier alpha value is -3.41. The second kappa shape index (κ2) is 11.1. The van der Waals surface area contributed by atoms with Gasteiger partial charge in [-0.2, -0.15) is 0 Å². The molecule has 0 bridgehead atoms. The van der Waals surface area contributed by atoms with Crippen LogP contribution in [0.15, 0.2) is 48.8 Å². The fourth-order valence-electron chi connectivity index (χ4n) is 4.73. The predicted molar refractivity (Wildman–Crippen MR) is 144 cm³/mol. The van der Waals surface area contributed by atoms with Crippen molar-refractivity contribution in [2.24, 2.45) is 5.41 Å². The maximum atomic E-state index is 11.7. The smallest absolute Gasteiger partial charge is 0.307 e. The number of carboxylic acid groups (broad SMARTS) is 1. The van der Waals surface area contributed by atoms with Crippen molar-refractivity contribution < 1.29 is 14.6 Å². The van der Waals surface area contributed by atoms with E-state index in [2.05, 4.69) is 54.9 Å². The largest absolute Gasteiger partial charge is 0.492 e. The van der Waals surface area contributed by atoms with E-state index >= 15 is 0 Å². The molecule has 0 aliphatic carbocycles. The Morgan fingerprint density at radius 3 is 2.33 bits per heavy atom. The minimum Gasteiger partial charge on any atom is -0.492 e. The molecular formula is C30H37N3O3. The summed E-state index contributed by atoms with van der Waals surface area (Å²) in [4.78, 5) is 23.3. The first-order valence-corrected chi connectivity index (χ1v) is 12.9. The van der Waals surface area contributed by atoms with Crippen molar-refractivity contribution in [3.05, 3.63) is 71.2 Å². The molecule has 0 saturated carbocycles. The standard InChI is InChI=1S/C30H37N3O3/c1-5-22-6-8-23(9-7-22)12-17-36-24-10-11-27(32-19-24)26-20-31-21(2)25(18-28(34)35)29(26)33-15-13-30(3,4)14-16-33/h6-11,19-20H,5,12-18H2,1-4H3,(H,34,35). The molecule has 190 valence electrons. The molecule has 36 heavy (non-hydrogen) atoms.